The molecule has 9 heteroatoms. The van der Waals surface area contributed by atoms with Crippen LogP contribution in [0.1, 0.15) is 12.0 Å². The van der Waals surface area contributed by atoms with Crippen LogP contribution in [0.15, 0.2) is 49.2 Å². The second kappa shape index (κ2) is 8.56. The van der Waals surface area contributed by atoms with E-state index >= 15 is 0 Å². The smallest absolute Gasteiger partial charge is 0.128 e. The number of nitrogens with zero attached hydrogens (tertiary/aromatic N) is 8. The number of ether oxygens (including phenoxy) is 1. The summed E-state index contributed by atoms with van der Waals surface area (Å²) in [5.74, 6) is 0.986. The summed E-state index contributed by atoms with van der Waals surface area (Å²) in [7, 11) is 1.90. The minimum atomic E-state index is 0.545. The Bertz CT molecular complexity index is 1350. The fraction of sp³-hybridized carbons (Fsp3) is 0.360. The molecule has 2 aliphatic heterocycles. The number of hydrogen-bond acceptors (Lipinski definition) is 7. The quantitative estimate of drug-likeness (QED) is 0.468. The van der Waals surface area contributed by atoms with Gasteiger partial charge in [-0.25, -0.2) is 9.50 Å². The van der Waals surface area contributed by atoms with E-state index < -0.39 is 0 Å². The standard InChI is InChI=1S/C25H26N8O/c1-30-15-21(14-28-30)19-10-23(25-20(11-26)13-29-33(25)16-19)18-2-3-24(27-12-18)32-7-5-31(6-8-32)22-4-9-34-17-22/h2-3,10,12-16,22H,4-9,17H2,1H3/t22-/m0/s1. The number of rotatable bonds is 4. The van der Waals surface area contributed by atoms with Crippen molar-refractivity contribution in [1.29, 1.82) is 5.26 Å². The summed E-state index contributed by atoms with van der Waals surface area (Å²) >= 11 is 0. The molecule has 0 bridgehead atoms. The zero-order chi connectivity index (χ0) is 23.1. The SMILES string of the molecule is Cn1cc(-c2cc(-c3ccc(N4CCN([C@H]5CCOC5)CC4)nc3)c3c(C#N)cnn3c2)cn1. The van der Waals surface area contributed by atoms with Crippen molar-refractivity contribution in [3.63, 3.8) is 0 Å². The van der Waals surface area contributed by atoms with E-state index in [0.717, 1.165) is 79.4 Å². The summed E-state index contributed by atoms with van der Waals surface area (Å²) < 4.78 is 9.11. The maximum Gasteiger partial charge on any atom is 0.128 e. The van der Waals surface area contributed by atoms with E-state index in [4.69, 9.17) is 9.72 Å². The molecule has 0 spiro atoms. The zero-order valence-corrected chi connectivity index (χ0v) is 19.1. The first-order valence-corrected chi connectivity index (χ1v) is 11.6. The van der Waals surface area contributed by atoms with Crippen LogP contribution in [0.5, 0.6) is 0 Å². The monoisotopic (exact) mass is 454 g/mol. The van der Waals surface area contributed by atoms with Gasteiger partial charge in [0, 0.05) is 86.7 Å². The molecule has 0 radical (unpaired) electrons. The van der Waals surface area contributed by atoms with Gasteiger partial charge in [-0.05, 0) is 24.6 Å². The van der Waals surface area contributed by atoms with E-state index in [1.807, 2.05) is 31.8 Å². The lowest BCUT2D eigenvalue weighted by Crippen LogP contribution is -2.50. The van der Waals surface area contributed by atoms with Crippen LogP contribution in [0.25, 0.3) is 27.8 Å². The predicted molar refractivity (Wildman–Crippen MR) is 128 cm³/mol. The van der Waals surface area contributed by atoms with Crippen LogP contribution in [0, 0.1) is 11.3 Å². The summed E-state index contributed by atoms with van der Waals surface area (Å²) in [6.07, 6.45) is 10.4. The highest BCUT2D eigenvalue weighted by Gasteiger charge is 2.27. The molecule has 172 valence electrons. The Morgan fingerprint density at radius 1 is 1.00 bits per heavy atom. The van der Waals surface area contributed by atoms with Gasteiger partial charge in [0.2, 0.25) is 0 Å². The molecule has 2 fully saturated rings. The molecule has 0 amide bonds. The number of pyridine rings is 2. The molecule has 4 aromatic rings. The molecule has 0 N–H and O–H groups in total. The molecule has 6 rings (SSSR count). The Morgan fingerprint density at radius 2 is 1.88 bits per heavy atom. The Hall–Kier alpha value is -3.74. The maximum atomic E-state index is 9.65. The van der Waals surface area contributed by atoms with E-state index in [1.165, 1.54) is 0 Å². The molecule has 1 atom stereocenters. The number of piperazine rings is 1. The van der Waals surface area contributed by atoms with Crippen LogP contribution in [0.3, 0.4) is 0 Å². The topological polar surface area (TPSA) is 87.5 Å². The lowest BCUT2D eigenvalue weighted by Gasteiger charge is -2.38. The predicted octanol–water partition coefficient (Wildman–Crippen LogP) is 2.58. The van der Waals surface area contributed by atoms with Crippen LogP contribution in [-0.4, -0.2) is 74.7 Å². The van der Waals surface area contributed by atoms with Gasteiger partial charge in [0.1, 0.15) is 11.9 Å². The van der Waals surface area contributed by atoms with Crippen molar-refractivity contribution in [1.82, 2.24) is 29.3 Å². The fourth-order valence-electron chi connectivity index (χ4n) is 5.01. The van der Waals surface area contributed by atoms with Crippen LogP contribution in [0.4, 0.5) is 5.82 Å². The van der Waals surface area contributed by atoms with Gasteiger partial charge < -0.3 is 9.64 Å². The molecular formula is C25H26N8O. The third-order valence-corrected chi connectivity index (χ3v) is 6.89. The average molecular weight is 455 g/mol. The first kappa shape index (κ1) is 20.8. The molecule has 9 nitrogen and oxygen atoms in total. The minimum absolute atomic E-state index is 0.545. The molecule has 0 saturated carbocycles. The van der Waals surface area contributed by atoms with Gasteiger partial charge in [-0.15, -0.1) is 0 Å². The Morgan fingerprint density at radius 3 is 2.56 bits per heavy atom. The Balaban J connectivity index is 1.30. The summed E-state index contributed by atoms with van der Waals surface area (Å²) in [6, 6.07) is 9.11. The van der Waals surface area contributed by atoms with Gasteiger partial charge in [0.05, 0.1) is 30.1 Å². The number of aryl methyl sites for hydroxylation is 1. The second-order valence-corrected chi connectivity index (χ2v) is 8.95. The largest absolute Gasteiger partial charge is 0.380 e. The number of aromatic nitrogens is 5. The van der Waals surface area contributed by atoms with E-state index in [1.54, 1.807) is 15.4 Å². The second-order valence-electron chi connectivity index (χ2n) is 8.95. The highest BCUT2D eigenvalue weighted by molar-refractivity contribution is 5.87. The van der Waals surface area contributed by atoms with Crippen molar-refractivity contribution < 1.29 is 4.74 Å². The number of hydrogen-bond donors (Lipinski definition) is 0. The molecule has 6 heterocycles. The van der Waals surface area contributed by atoms with Crippen LogP contribution in [0.2, 0.25) is 0 Å². The van der Waals surface area contributed by atoms with E-state index in [9.17, 15) is 5.26 Å². The van der Waals surface area contributed by atoms with Gasteiger partial charge in [-0.1, -0.05) is 0 Å². The van der Waals surface area contributed by atoms with Crippen molar-refractivity contribution in [2.45, 2.75) is 12.5 Å². The number of anilines is 1. The molecular weight excluding hydrogens is 428 g/mol. The molecule has 2 saturated heterocycles. The first-order chi connectivity index (χ1) is 16.7. The van der Waals surface area contributed by atoms with Gasteiger partial charge in [0.25, 0.3) is 0 Å². The normalized spacial score (nSPS) is 19.1. The average Bonchev–Trinajstić information content (AvgIpc) is 3.65. The van der Waals surface area contributed by atoms with Crippen molar-refractivity contribution in [3.05, 3.63) is 54.7 Å². The lowest BCUT2D eigenvalue weighted by atomic mass is 10.0. The van der Waals surface area contributed by atoms with Crippen molar-refractivity contribution in [3.8, 4) is 28.3 Å². The maximum absolute atomic E-state index is 9.65. The summed E-state index contributed by atoms with van der Waals surface area (Å²) in [5.41, 5.74) is 5.20. The van der Waals surface area contributed by atoms with E-state index in [2.05, 4.69) is 44.3 Å². The third kappa shape index (κ3) is 3.71. The molecule has 0 unspecified atom stereocenters. The highest BCUT2D eigenvalue weighted by atomic mass is 16.5. The van der Waals surface area contributed by atoms with Crippen molar-refractivity contribution in [2.75, 3.05) is 44.3 Å². The molecule has 0 aliphatic carbocycles. The molecule has 2 aliphatic rings. The fourth-order valence-corrected chi connectivity index (χ4v) is 5.01. The highest BCUT2D eigenvalue weighted by Crippen LogP contribution is 2.32. The molecule has 0 aromatic carbocycles. The van der Waals surface area contributed by atoms with Crippen molar-refractivity contribution in [2.24, 2.45) is 7.05 Å². The Kier molecular flexibility index (Phi) is 5.24. The first-order valence-electron chi connectivity index (χ1n) is 11.6. The van der Waals surface area contributed by atoms with Gasteiger partial charge in [-0.3, -0.25) is 9.58 Å². The zero-order valence-electron chi connectivity index (χ0n) is 19.1. The summed E-state index contributed by atoms with van der Waals surface area (Å²) in [6.45, 7) is 5.74. The van der Waals surface area contributed by atoms with E-state index in [-0.39, 0.29) is 0 Å². The number of fused-ring (bicyclic) bond motifs is 1. The van der Waals surface area contributed by atoms with Gasteiger partial charge >= 0.3 is 0 Å². The minimum Gasteiger partial charge on any atom is -0.380 e. The van der Waals surface area contributed by atoms with Gasteiger partial charge in [0.15, 0.2) is 0 Å². The van der Waals surface area contributed by atoms with Crippen molar-refractivity contribution >= 4 is 11.3 Å². The van der Waals surface area contributed by atoms with Gasteiger partial charge in [-0.2, -0.15) is 15.5 Å². The lowest BCUT2D eigenvalue weighted by molar-refractivity contribution is 0.139. The van der Waals surface area contributed by atoms with Crippen LogP contribution >= 0.6 is 0 Å². The number of nitriles is 1. The molecule has 34 heavy (non-hydrogen) atoms. The summed E-state index contributed by atoms with van der Waals surface area (Å²) in [5, 5.41) is 18.4. The Labute approximate surface area is 197 Å². The third-order valence-electron chi connectivity index (χ3n) is 6.89. The van der Waals surface area contributed by atoms with E-state index in [0.29, 0.717) is 11.6 Å². The molecule has 4 aromatic heterocycles. The summed E-state index contributed by atoms with van der Waals surface area (Å²) in [4.78, 5) is 9.70. The van der Waals surface area contributed by atoms with Crippen LogP contribution < -0.4 is 4.90 Å². The van der Waals surface area contributed by atoms with Crippen LogP contribution in [-0.2, 0) is 11.8 Å².